The first kappa shape index (κ1) is 17.3. The van der Waals surface area contributed by atoms with Gasteiger partial charge in [0.25, 0.3) is 5.89 Å². The second-order valence-corrected chi connectivity index (χ2v) is 6.41. The van der Waals surface area contributed by atoms with Crippen LogP contribution in [0.2, 0.25) is 0 Å². The van der Waals surface area contributed by atoms with Crippen molar-refractivity contribution in [2.75, 3.05) is 46.0 Å². The van der Waals surface area contributed by atoms with Crippen LogP contribution in [0.3, 0.4) is 0 Å². The van der Waals surface area contributed by atoms with E-state index < -0.39 is 0 Å². The normalized spacial score (nSPS) is 25.3. The number of hydrogen-bond acceptors (Lipinski definition) is 7. The van der Waals surface area contributed by atoms with Crippen LogP contribution in [-0.4, -0.2) is 77.9 Å². The molecule has 2 aliphatic heterocycles. The molecule has 2 aliphatic rings. The van der Waals surface area contributed by atoms with Crippen molar-refractivity contribution in [1.82, 2.24) is 19.9 Å². The number of aryl methyl sites for hydroxylation is 1. The number of likely N-dealkylation sites (tertiary alicyclic amines) is 1. The molecule has 8 heteroatoms. The third kappa shape index (κ3) is 4.12. The highest BCUT2D eigenvalue weighted by Gasteiger charge is 2.37. The molecule has 2 saturated heterocycles. The minimum Gasteiger partial charge on any atom is -0.379 e. The van der Waals surface area contributed by atoms with Crippen LogP contribution < -0.4 is 0 Å². The average Bonchev–Trinajstić information content (AvgIpc) is 3.22. The first-order valence-electron chi connectivity index (χ1n) is 8.64. The summed E-state index contributed by atoms with van der Waals surface area (Å²) in [6.45, 7) is 9.23. The molecule has 0 N–H and O–H groups in total. The second kappa shape index (κ2) is 8.04. The van der Waals surface area contributed by atoms with Crippen molar-refractivity contribution in [1.29, 1.82) is 0 Å². The maximum atomic E-state index is 12.4. The van der Waals surface area contributed by atoms with Crippen LogP contribution in [0.15, 0.2) is 4.52 Å². The number of carbonyl (C=O) groups excluding carboxylic acids is 1. The first-order valence-corrected chi connectivity index (χ1v) is 8.64. The summed E-state index contributed by atoms with van der Waals surface area (Å²) in [7, 11) is 0. The maximum absolute atomic E-state index is 12.4. The van der Waals surface area contributed by atoms with Gasteiger partial charge in [-0.15, -0.1) is 0 Å². The number of rotatable bonds is 6. The number of aromatic nitrogens is 2. The Kier molecular flexibility index (Phi) is 5.80. The summed E-state index contributed by atoms with van der Waals surface area (Å²) in [6, 6.07) is 0.432. The molecule has 2 atom stereocenters. The van der Waals surface area contributed by atoms with Gasteiger partial charge in [-0.25, -0.2) is 0 Å². The highest BCUT2D eigenvalue weighted by atomic mass is 16.5. The molecule has 1 amide bonds. The molecule has 0 aromatic carbocycles. The monoisotopic (exact) mass is 338 g/mol. The molecule has 24 heavy (non-hydrogen) atoms. The lowest BCUT2D eigenvalue weighted by Gasteiger charge is -2.34. The summed E-state index contributed by atoms with van der Waals surface area (Å²) >= 11 is 0. The van der Waals surface area contributed by atoms with Gasteiger partial charge in [-0.05, 0) is 12.8 Å². The van der Waals surface area contributed by atoms with E-state index in [2.05, 4.69) is 22.0 Å². The fourth-order valence-electron chi connectivity index (χ4n) is 3.50. The van der Waals surface area contributed by atoms with E-state index in [0.29, 0.717) is 23.7 Å². The van der Waals surface area contributed by atoms with Crippen molar-refractivity contribution in [3.05, 3.63) is 11.7 Å². The molecule has 3 rings (SSSR count). The van der Waals surface area contributed by atoms with E-state index in [-0.39, 0.29) is 19.1 Å². The standard InChI is InChI=1S/C16H26N4O4/c1-3-13-8-20(9-14(13)19-4-6-22-7-5-19)16(21)11-23-10-15-17-12(2)18-24-15/h13-14H,3-11H2,1-2H3. The molecule has 0 bridgehead atoms. The first-order chi connectivity index (χ1) is 11.7. The van der Waals surface area contributed by atoms with Gasteiger partial charge in [0.1, 0.15) is 13.2 Å². The van der Waals surface area contributed by atoms with Crippen LogP contribution in [0.5, 0.6) is 0 Å². The van der Waals surface area contributed by atoms with Gasteiger partial charge in [0.05, 0.1) is 13.2 Å². The average molecular weight is 338 g/mol. The molecule has 134 valence electrons. The zero-order valence-electron chi connectivity index (χ0n) is 14.4. The summed E-state index contributed by atoms with van der Waals surface area (Å²) in [6.07, 6.45) is 1.08. The molecule has 1 aromatic rings. The van der Waals surface area contributed by atoms with E-state index in [9.17, 15) is 4.79 Å². The number of amides is 1. The molecule has 0 saturated carbocycles. The topological polar surface area (TPSA) is 80.9 Å². The van der Waals surface area contributed by atoms with Gasteiger partial charge in [-0.1, -0.05) is 18.5 Å². The molecular formula is C16H26N4O4. The molecular weight excluding hydrogens is 312 g/mol. The number of hydrogen-bond donors (Lipinski definition) is 0. The van der Waals surface area contributed by atoms with Crippen LogP contribution in [0.1, 0.15) is 25.1 Å². The van der Waals surface area contributed by atoms with Crippen molar-refractivity contribution in [2.24, 2.45) is 5.92 Å². The lowest BCUT2D eigenvalue weighted by molar-refractivity contribution is -0.136. The van der Waals surface area contributed by atoms with Crippen molar-refractivity contribution in [3.63, 3.8) is 0 Å². The van der Waals surface area contributed by atoms with Gasteiger partial charge in [-0.3, -0.25) is 9.69 Å². The molecule has 3 heterocycles. The number of ether oxygens (including phenoxy) is 2. The number of morpholine rings is 1. The third-order valence-electron chi connectivity index (χ3n) is 4.82. The van der Waals surface area contributed by atoms with E-state index in [4.69, 9.17) is 14.0 Å². The predicted octanol–water partition coefficient (Wildman–Crippen LogP) is 0.464. The third-order valence-corrected chi connectivity index (χ3v) is 4.82. The number of nitrogens with zero attached hydrogens (tertiary/aromatic N) is 4. The Morgan fingerprint density at radius 1 is 1.33 bits per heavy atom. The minimum absolute atomic E-state index is 0.0282. The van der Waals surface area contributed by atoms with Crippen LogP contribution in [0.25, 0.3) is 0 Å². The summed E-state index contributed by atoms with van der Waals surface area (Å²) in [4.78, 5) is 20.9. The van der Waals surface area contributed by atoms with E-state index in [1.807, 2.05) is 4.90 Å². The van der Waals surface area contributed by atoms with Gasteiger partial charge in [0, 0.05) is 32.2 Å². The highest BCUT2D eigenvalue weighted by molar-refractivity contribution is 5.77. The lowest BCUT2D eigenvalue weighted by Crippen LogP contribution is -2.47. The van der Waals surface area contributed by atoms with Crippen LogP contribution in [0, 0.1) is 12.8 Å². The second-order valence-electron chi connectivity index (χ2n) is 6.41. The SMILES string of the molecule is CCC1CN(C(=O)COCc2nc(C)no2)CC1N1CCOCC1. The van der Waals surface area contributed by atoms with Crippen molar-refractivity contribution < 1.29 is 18.8 Å². The Hall–Kier alpha value is -1.51. The summed E-state index contributed by atoms with van der Waals surface area (Å²) in [5, 5.41) is 3.70. The molecule has 2 fully saturated rings. The Morgan fingerprint density at radius 3 is 2.79 bits per heavy atom. The predicted molar refractivity (Wildman–Crippen MR) is 85.2 cm³/mol. The molecule has 0 aliphatic carbocycles. The number of carbonyl (C=O) groups is 1. The lowest BCUT2D eigenvalue weighted by atomic mass is 9.99. The van der Waals surface area contributed by atoms with Gasteiger partial charge >= 0.3 is 0 Å². The quantitative estimate of drug-likeness (QED) is 0.745. The van der Waals surface area contributed by atoms with Crippen LogP contribution >= 0.6 is 0 Å². The maximum Gasteiger partial charge on any atom is 0.252 e. The van der Waals surface area contributed by atoms with Crippen LogP contribution in [0.4, 0.5) is 0 Å². The van der Waals surface area contributed by atoms with Gasteiger partial charge in [0.2, 0.25) is 5.91 Å². The van der Waals surface area contributed by atoms with Gasteiger partial charge in [0.15, 0.2) is 5.82 Å². The molecule has 2 unspecified atom stereocenters. The minimum atomic E-state index is 0.0282. The van der Waals surface area contributed by atoms with Crippen molar-refractivity contribution in [3.8, 4) is 0 Å². The van der Waals surface area contributed by atoms with E-state index >= 15 is 0 Å². The summed E-state index contributed by atoms with van der Waals surface area (Å²) in [5.41, 5.74) is 0. The van der Waals surface area contributed by atoms with E-state index in [1.54, 1.807) is 6.92 Å². The zero-order valence-corrected chi connectivity index (χ0v) is 14.4. The van der Waals surface area contributed by atoms with Gasteiger partial charge in [-0.2, -0.15) is 4.98 Å². The Balaban J connectivity index is 1.48. The Morgan fingerprint density at radius 2 is 2.12 bits per heavy atom. The fraction of sp³-hybridized carbons (Fsp3) is 0.812. The Labute approximate surface area is 142 Å². The fourth-order valence-corrected chi connectivity index (χ4v) is 3.50. The van der Waals surface area contributed by atoms with Crippen molar-refractivity contribution >= 4 is 5.91 Å². The van der Waals surface area contributed by atoms with Gasteiger partial charge < -0.3 is 18.9 Å². The summed E-state index contributed by atoms with van der Waals surface area (Å²) < 4.78 is 15.8. The largest absolute Gasteiger partial charge is 0.379 e. The molecule has 1 aromatic heterocycles. The smallest absolute Gasteiger partial charge is 0.252 e. The molecule has 0 radical (unpaired) electrons. The van der Waals surface area contributed by atoms with E-state index in [0.717, 1.165) is 45.8 Å². The van der Waals surface area contributed by atoms with Crippen LogP contribution in [-0.2, 0) is 20.9 Å². The van der Waals surface area contributed by atoms with E-state index in [1.165, 1.54) is 0 Å². The molecule has 0 spiro atoms. The van der Waals surface area contributed by atoms with Crippen molar-refractivity contribution in [2.45, 2.75) is 32.9 Å². The summed E-state index contributed by atoms with van der Waals surface area (Å²) in [5.74, 6) is 1.52. The molecule has 8 nitrogen and oxygen atoms in total. The zero-order chi connectivity index (χ0) is 16.9. The highest BCUT2D eigenvalue weighted by Crippen LogP contribution is 2.25. The Bertz CT molecular complexity index is 544.